The Balaban J connectivity index is 2.25. The third kappa shape index (κ3) is 2.02. The molecule has 0 fully saturated rings. The molecule has 0 unspecified atom stereocenters. The van der Waals surface area contributed by atoms with E-state index in [1.807, 2.05) is 24.3 Å². The molecule has 3 rings (SSSR count). The summed E-state index contributed by atoms with van der Waals surface area (Å²) >= 11 is 1.59. The molecular formula is C15H10F2OS. The third-order valence-corrected chi connectivity index (χ3v) is 4.19. The van der Waals surface area contributed by atoms with Gasteiger partial charge in [-0.05, 0) is 24.3 Å². The summed E-state index contributed by atoms with van der Waals surface area (Å²) in [5.74, 6) is -4.47. The first-order valence-electron chi connectivity index (χ1n) is 5.81. The summed E-state index contributed by atoms with van der Waals surface area (Å²) < 4.78 is 28.3. The van der Waals surface area contributed by atoms with E-state index in [1.54, 1.807) is 23.5 Å². The second-order valence-corrected chi connectivity index (χ2v) is 5.61. The molecular weight excluding hydrogens is 266 g/mol. The van der Waals surface area contributed by atoms with Crippen LogP contribution < -0.4 is 0 Å². The Morgan fingerprint density at radius 1 is 1.05 bits per heavy atom. The van der Waals surface area contributed by atoms with E-state index in [0.29, 0.717) is 6.92 Å². The van der Waals surface area contributed by atoms with Crippen LogP contribution in [0.25, 0.3) is 20.2 Å². The standard InChI is InChI=1S/C15H10F2OS/c1-15(16,17)14(18)9-6-7-13-11(8-9)10-4-2-3-5-12(10)19-13/h2-8H,1H3. The average molecular weight is 276 g/mol. The van der Waals surface area contributed by atoms with Gasteiger partial charge in [0.05, 0.1) is 0 Å². The molecule has 0 N–H and O–H groups in total. The minimum atomic E-state index is -3.33. The van der Waals surface area contributed by atoms with Gasteiger partial charge < -0.3 is 0 Å². The Kier molecular flexibility index (Phi) is 2.64. The number of Topliss-reactive ketones (excluding diaryl/α,β-unsaturated/α-hetero) is 1. The highest BCUT2D eigenvalue weighted by Gasteiger charge is 2.33. The second kappa shape index (κ2) is 4.10. The van der Waals surface area contributed by atoms with E-state index in [1.165, 1.54) is 6.07 Å². The number of ketones is 1. The van der Waals surface area contributed by atoms with Crippen molar-refractivity contribution in [3.05, 3.63) is 48.0 Å². The highest BCUT2D eigenvalue weighted by atomic mass is 32.1. The normalized spacial score (nSPS) is 12.2. The molecule has 1 aromatic heterocycles. The molecule has 2 aromatic carbocycles. The molecule has 1 heterocycles. The van der Waals surface area contributed by atoms with Crippen molar-refractivity contribution >= 4 is 37.3 Å². The summed E-state index contributed by atoms with van der Waals surface area (Å²) in [6.45, 7) is 0.630. The SMILES string of the molecule is CC(F)(F)C(=O)c1ccc2sc3ccccc3c2c1. The van der Waals surface area contributed by atoms with Crippen LogP contribution in [0.15, 0.2) is 42.5 Å². The van der Waals surface area contributed by atoms with Gasteiger partial charge in [-0.2, -0.15) is 8.78 Å². The number of hydrogen-bond acceptors (Lipinski definition) is 2. The maximum absolute atomic E-state index is 13.1. The smallest absolute Gasteiger partial charge is 0.287 e. The van der Waals surface area contributed by atoms with Gasteiger partial charge in [0, 0.05) is 32.7 Å². The Morgan fingerprint density at radius 2 is 1.74 bits per heavy atom. The van der Waals surface area contributed by atoms with Crippen molar-refractivity contribution in [2.75, 3.05) is 0 Å². The van der Waals surface area contributed by atoms with Gasteiger partial charge in [-0.1, -0.05) is 18.2 Å². The van der Waals surface area contributed by atoms with Gasteiger partial charge in [0.25, 0.3) is 0 Å². The topological polar surface area (TPSA) is 17.1 Å². The van der Waals surface area contributed by atoms with Crippen molar-refractivity contribution in [1.82, 2.24) is 0 Å². The molecule has 0 saturated heterocycles. The summed E-state index contributed by atoms with van der Waals surface area (Å²) in [7, 11) is 0. The van der Waals surface area contributed by atoms with E-state index in [0.717, 1.165) is 20.2 Å². The zero-order valence-corrected chi connectivity index (χ0v) is 10.9. The summed E-state index contributed by atoms with van der Waals surface area (Å²) in [5.41, 5.74) is 0.0588. The van der Waals surface area contributed by atoms with Crippen LogP contribution >= 0.6 is 11.3 Å². The maximum atomic E-state index is 13.1. The number of rotatable bonds is 2. The van der Waals surface area contributed by atoms with E-state index >= 15 is 0 Å². The molecule has 0 saturated carbocycles. The summed E-state index contributed by atoms with van der Waals surface area (Å²) in [6.07, 6.45) is 0. The number of fused-ring (bicyclic) bond motifs is 3. The van der Waals surface area contributed by atoms with Gasteiger partial charge in [0.15, 0.2) is 0 Å². The summed E-state index contributed by atoms with van der Waals surface area (Å²) in [5, 5.41) is 1.85. The van der Waals surface area contributed by atoms with Gasteiger partial charge in [-0.25, -0.2) is 0 Å². The number of hydrogen-bond donors (Lipinski definition) is 0. The fraction of sp³-hybridized carbons (Fsp3) is 0.133. The van der Waals surface area contributed by atoms with Gasteiger partial charge >= 0.3 is 5.92 Å². The first-order chi connectivity index (χ1) is 8.97. The predicted molar refractivity (Wildman–Crippen MR) is 74.3 cm³/mol. The fourth-order valence-electron chi connectivity index (χ4n) is 2.12. The lowest BCUT2D eigenvalue weighted by atomic mass is 10.0. The number of thiophene rings is 1. The molecule has 96 valence electrons. The number of carbonyl (C=O) groups excluding carboxylic acids is 1. The van der Waals surface area contributed by atoms with E-state index in [9.17, 15) is 13.6 Å². The van der Waals surface area contributed by atoms with Crippen LogP contribution in [0.2, 0.25) is 0 Å². The van der Waals surface area contributed by atoms with Crippen LogP contribution in [0.4, 0.5) is 8.78 Å². The zero-order chi connectivity index (χ0) is 13.6. The minimum Gasteiger partial charge on any atom is -0.287 e. The van der Waals surface area contributed by atoms with Crippen LogP contribution in [0.5, 0.6) is 0 Å². The maximum Gasteiger partial charge on any atom is 0.307 e. The molecule has 4 heteroatoms. The molecule has 0 bridgehead atoms. The minimum absolute atomic E-state index is 0.0588. The lowest BCUT2D eigenvalue weighted by Gasteiger charge is -2.08. The van der Waals surface area contributed by atoms with Crippen LogP contribution in [-0.2, 0) is 0 Å². The molecule has 0 aliphatic carbocycles. The molecule has 1 nitrogen and oxygen atoms in total. The van der Waals surface area contributed by atoms with E-state index in [2.05, 4.69) is 0 Å². The Bertz CT molecular complexity index is 784. The first kappa shape index (κ1) is 12.2. The van der Waals surface area contributed by atoms with Crippen molar-refractivity contribution < 1.29 is 13.6 Å². The van der Waals surface area contributed by atoms with Gasteiger partial charge in [-0.15, -0.1) is 11.3 Å². The van der Waals surface area contributed by atoms with Crippen molar-refractivity contribution in [3.63, 3.8) is 0 Å². The van der Waals surface area contributed by atoms with Crippen molar-refractivity contribution in [3.8, 4) is 0 Å². The Hall–Kier alpha value is -1.81. The zero-order valence-electron chi connectivity index (χ0n) is 10.1. The summed E-state index contributed by atoms with van der Waals surface area (Å²) in [4.78, 5) is 11.6. The highest BCUT2D eigenvalue weighted by Crippen LogP contribution is 2.34. The predicted octanol–water partition coefficient (Wildman–Crippen LogP) is 4.89. The molecule has 3 aromatic rings. The highest BCUT2D eigenvalue weighted by molar-refractivity contribution is 7.25. The lowest BCUT2D eigenvalue weighted by Crippen LogP contribution is -2.24. The number of benzene rings is 2. The Morgan fingerprint density at radius 3 is 2.47 bits per heavy atom. The molecule has 0 amide bonds. The van der Waals surface area contributed by atoms with Crippen LogP contribution in [-0.4, -0.2) is 11.7 Å². The molecule has 0 spiro atoms. The summed E-state index contributed by atoms with van der Waals surface area (Å²) in [6, 6.07) is 12.5. The third-order valence-electron chi connectivity index (χ3n) is 3.04. The van der Waals surface area contributed by atoms with Crippen LogP contribution in [0, 0.1) is 0 Å². The lowest BCUT2D eigenvalue weighted by molar-refractivity contribution is 0.0222. The second-order valence-electron chi connectivity index (χ2n) is 4.53. The Labute approximate surface area is 112 Å². The van der Waals surface area contributed by atoms with Crippen LogP contribution in [0.3, 0.4) is 0 Å². The van der Waals surface area contributed by atoms with E-state index < -0.39 is 11.7 Å². The van der Waals surface area contributed by atoms with Crippen LogP contribution in [0.1, 0.15) is 17.3 Å². The first-order valence-corrected chi connectivity index (χ1v) is 6.62. The number of alkyl halides is 2. The van der Waals surface area contributed by atoms with Gasteiger partial charge in [-0.3, -0.25) is 4.79 Å². The van der Waals surface area contributed by atoms with Crippen molar-refractivity contribution in [2.45, 2.75) is 12.8 Å². The molecule has 0 atom stereocenters. The monoisotopic (exact) mass is 276 g/mol. The largest absolute Gasteiger partial charge is 0.307 e. The van der Waals surface area contributed by atoms with Gasteiger partial charge in [0.1, 0.15) is 0 Å². The van der Waals surface area contributed by atoms with Gasteiger partial charge in [0.2, 0.25) is 5.78 Å². The molecule has 0 aliphatic rings. The number of carbonyl (C=O) groups is 1. The average Bonchev–Trinajstić information content (AvgIpc) is 2.74. The molecule has 19 heavy (non-hydrogen) atoms. The fourth-order valence-corrected chi connectivity index (χ4v) is 3.21. The van der Waals surface area contributed by atoms with Crippen molar-refractivity contribution in [1.29, 1.82) is 0 Å². The van der Waals surface area contributed by atoms with E-state index in [-0.39, 0.29) is 5.56 Å². The van der Waals surface area contributed by atoms with E-state index in [4.69, 9.17) is 0 Å². The quantitative estimate of drug-likeness (QED) is 0.609. The van der Waals surface area contributed by atoms with Crippen molar-refractivity contribution in [2.24, 2.45) is 0 Å². The number of halogens is 2. The molecule has 0 radical (unpaired) electrons. The molecule has 0 aliphatic heterocycles.